The van der Waals surface area contributed by atoms with E-state index in [0.717, 1.165) is 41.3 Å². The minimum Gasteiger partial charge on any atom is -0.385 e. The van der Waals surface area contributed by atoms with Crippen LogP contribution in [-0.4, -0.2) is 46.4 Å². The number of benzene rings is 2. The van der Waals surface area contributed by atoms with Crippen molar-refractivity contribution in [3.63, 3.8) is 0 Å². The maximum Gasteiger partial charge on any atom is 0.253 e. The molecule has 2 unspecified atom stereocenters. The van der Waals surface area contributed by atoms with E-state index in [0.29, 0.717) is 45.3 Å². The standard InChI is InChI=1S/C26H29F2N4O2P.C2H6/c1-16-6-11-35-24-19-12-17(2-5-22(19)31-23(24)15-30-29-14-16)25(33)32-9-7-26(34,8-10-32)18-3-4-20(27)21(28)13-18;1-2/h2-5,12-14,16,30-31,34-35H,6-11,15H2,1H3;1-2H3/b29-14-;. The molecule has 1 aromatic heterocycles. The zero-order valence-electron chi connectivity index (χ0n) is 21.6. The van der Waals surface area contributed by atoms with Crippen molar-refractivity contribution >= 4 is 36.9 Å². The molecule has 1 saturated heterocycles. The maximum absolute atomic E-state index is 13.7. The number of rotatable bonds is 2. The molecule has 0 bridgehead atoms. The number of piperidine rings is 1. The van der Waals surface area contributed by atoms with E-state index in [2.05, 4.69) is 22.4 Å². The van der Waals surface area contributed by atoms with Crippen molar-refractivity contribution in [1.82, 2.24) is 15.3 Å². The second-order valence-corrected chi connectivity index (χ2v) is 10.9. The molecule has 0 radical (unpaired) electrons. The van der Waals surface area contributed by atoms with Crippen LogP contribution in [0.3, 0.4) is 0 Å². The van der Waals surface area contributed by atoms with E-state index in [1.807, 2.05) is 38.3 Å². The molecule has 198 valence electrons. The summed E-state index contributed by atoms with van der Waals surface area (Å²) in [6.07, 6.45) is 4.61. The van der Waals surface area contributed by atoms with Gasteiger partial charge in [-0.2, -0.15) is 5.10 Å². The van der Waals surface area contributed by atoms with E-state index in [4.69, 9.17) is 0 Å². The number of hydrogen-bond donors (Lipinski definition) is 3. The number of halogens is 2. The van der Waals surface area contributed by atoms with Gasteiger partial charge in [-0.3, -0.25) is 4.79 Å². The number of likely N-dealkylation sites (tertiary alicyclic amines) is 1. The Balaban J connectivity index is 0.00000156. The largest absolute Gasteiger partial charge is 0.385 e. The number of amides is 1. The van der Waals surface area contributed by atoms with Gasteiger partial charge in [0.15, 0.2) is 11.6 Å². The van der Waals surface area contributed by atoms with E-state index >= 15 is 0 Å². The second-order valence-electron chi connectivity index (χ2n) is 9.50. The van der Waals surface area contributed by atoms with Crippen molar-refractivity contribution in [2.24, 2.45) is 11.0 Å². The van der Waals surface area contributed by atoms with Crippen LogP contribution in [0.25, 0.3) is 10.9 Å². The molecule has 3 N–H and O–H groups in total. The lowest BCUT2D eigenvalue weighted by Gasteiger charge is -2.38. The number of aromatic amines is 1. The number of hydrazone groups is 1. The van der Waals surface area contributed by atoms with Gasteiger partial charge in [0, 0.05) is 46.8 Å². The highest BCUT2D eigenvalue weighted by Crippen LogP contribution is 2.34. The Hall–Kier alpha value is -2.83. The van der Waals surface area contributed by atoms with Crippen LogP contribution in [0.5, 0.6) is 0 Å². The van der Waals surface area contributed by atoms with Crippen LogP contribution in [0, 0.1) is 17.6 Å². The normalized spacial score (nSPS) is 20.9. The SMILES string of the molecule is CC.CC1/C=N\NCc2[nH]c3ccc(C(=O)N4CCC(O)(c5ccc(F)c(F)c5)CC4)cc3c2PCC1. The van der Waals surface area contributed by atoms with Gasteiger partial charge in [-0.15, -0.1) is 0 Å². The number of hydrogen-bond acceptors (Lipinski definition) is 4. The number of carbonyl (C=O) groups excluding carboxylic acids is 1. The fraction of sp³-hybridized carbons (Fsp3) is 0.429. The van der Waals surface area contributed by atoms with E-state index in [1.54, 1.807) is 4.90 Å². The molecule has 5 rings (SSSR count). The fourth-order valence-corrected chi connectivity index (χ4v) is 6.47. The highest BCUT2D eigenvalue weighted by Gasteiger charge is 2.36. The third-order valence-electron chi connectivity index (χ3n) is 7.04. The van der Waals surface area contributed by atoms with Gasteiger partial charge in [0.05, 0.1) is 12.1 Å². The van der Waals surface area contributed by atoms with Gasteiger partial charge in [-0.05, 0) is 67.2 Å². The van der Waals surface area contributed by atoms with Crippen LogP contribution in [-0.2, 0) is 12.1 Å². The molecule has 1 fully saturated rings. The Labute approximate surface area is 218 Å². The molecular formula is C28H35F2N4O2P. The van der Waals surface area contributed by atoms with Gasteiger partial charge in [0.25, 0.3) is 5.91 Å². The van der Waals surface area contributed by atoms with Crippen molar-refractivity contribution in [2.75, 3.05) is 19.3 Å². The van der Waals surface area contributed by atoms with Crippen molar-refractivity contribution in [3.05, 3.63) is 64.9 Å². The number of H-pyrrole nitrogens is 1. The summed E-state index contributed by atoms with van der Waals surface area (Å²) in [6, 6.07) is 9.24. The van der Waals surface area contributed by atoms with Crippen LogP contribution in [0.4, 0.5) is 8.78 Å². The smallest absolute Gasteiger partial charge is 0.253 e. The third kappa shape index (κ3) is 5.86. The van der Waals surface area contributed by atoms with Gasteiger partial charge >= 0.3 is 0 Å². The molecule has 3 heterocycles. The Kier molecular flexibility index (Phi) is 8.60. The molecule has 2 aliphatic heterocycles. The molecule has 0 spiro atoms. The molecule has 2 atom stereocenters. The lowest BCUT2D eigenvalue weighted by atomic mass is 9.84. The summed E-state index contributed by atoms with van der Waals surface area (Å²) < 4.78 is 27.0. The zero-order valence-corrected chi connectivity index (χ0v) is 22.6. The Morgan fingerprint density at radius 3 is 2.62 bits per heavy atom. The van der Waals surface area contributed by atoms with Gasteiger partial charge in [0.1, 0.15) is 0 Å². The first-order chi connectivity index (χ1) is 17.8. The monoisotopic (exact) mass is 528 g/mol. The van der Waals surface area contributed by atoms with Gasteiger partial charge in [-0.25, -0.2) is 8.78 Å². The number of fused-ring (bicyclic) bond motifs is 3. The summed E-state index contributed by atoms with van der Waals surface area (Å²) in [5.41, 5.74) is 4.90. The van der Waals surface area contributed by atoms with Crippen molar-refractivity contribution in [1.29, 1.82) is 0 Å². The molecule has 3 aromatic rings. The Morgan fingerprint density at radius 2 is 1.89 bits per heavy atom. The van der Waals surface area contributed by atoms with Crippen LogP contribution in [0.1, 0.15) is 61.6 Å². The molecule has 9 heteroatoms. The predicted molar refractivity (Wildman–Crippen MR) is 147 cm³/mol. The van der Waals surface area contributed by atoms with Gasteiger partial charge in [0.2, 0.25) is 0 Å². The first-order valence-corrected chi connectivity index (χ1v) is 14.2. The quantitative estimate of drug-likeness (QED) is 0.409. The number of aliphatic hydroxyl groups is 1. The Morgan fingerprint density at radius 1 is 1.14 bits per heavy atom. The van der Waals surface area contributed by atoms with E-state index < -0.39 is 17.2 Å². The second kappa shape index (κ2) is 11.7. The maximum atomic E-state index is 13.7. The highest BCUT2D eigenvalue weighted by atomic mass is 31.1. The van der Waals surface area contributed by atoms with Gasteiger partial charge < -0.3 is 20.4 Å². The van der Waals surface area contributed by atoms with Crippen molar-refractivity contribution in [3.8, 4) is 0 Å². The predicted octanol–water partition coefficient (Wildman–Crippen LogP) is 5.02. The molecule has 2 aliphatic rings. The van der Waals surface area contributed by atoms with Crippen molar-refractivity contribution < 1.29 is 18.7 Å². The minimum absolute atomic E-state index is 0.0891. The van der Waals surface area contributed by atoms with Crippen LogP contribution in [0.2, 0.25) is 0 Å². The molecule has 1 amide bonds. The van der Waals surface area contributed by atoms with E-state index in [1.165, 1.54) is 11.4 Å². The van der Waals surface area contributed by atoms with Crippen LogP contribution >= 0.6 is 8.58 Å². The summed E-state index contributed by atoms with van der Waals surface area (Å²) >= 11 is 0. The lowest BCUT2D eigenvalue weighted by Crippen LogP contribution is -2.45. The van der Waals surface area contributed by atoms with Gasteiger partial charge in [-0.1, -0.05) is 35.4 Å². The van der Waals surface area contributed by atoms with E-state index in [-0.39, 0.29) is 18.7 Å². The number of nitrogens with one attached hydrogen (secondary N) is 2. The molecule has 0 saturated carbocycles. The summed E-state index contributed by atoms with van der Waals surface area (Å²) in [4.78, 5) is 18.5. The highest BCUT2D eigenvalue weighted by molar-refractivity contribution is 7.48. The summed E-state index contributed by atoms with van der Waals surface area (Å²) in [5.74, 6) is -1.59. The molecule has 2 aromatic carbocycles. The third-order valence-corrected chi connectivity index (χ3v) is 8.50. The lowest BCUT2D eigenvalue weighted by molar-refractivity contribution is -0.0214. The topological polar surface area (TPSA) is 80.7 Å². The average Bonchev–Trinajstić information content (AvgIpc) is 3.26. The number of nitrogens with zero attached hydrogens (tertiary/aromatic N) is 2. The first-order valence-electron chi connectivity index (χ1n) is 13.0. The number of carbonyl (C=O) groups is 1. The van der Waals surface area contributed by atoms with Crippen LogP contribution < -0.4 is 10.7 Å². The molecule has 0 aliphatic carbocycles. The molecule has 37 heavy (non-hydrogen) atoms. The van der Waals surface area contributed by atoms with E-state index in [9.17, 15) is 18.7 Å². The molecular weight excluding hydrogens is 493 g/mol. The summed E-state index contributed by atoms with van der Waals surface area (Å²) in [6.45, 7) is 7.44. The molecule has 6 nitrogen and oxygen atoms in total. The van der Waals surface area contributed by atoms with Crippen LogP contribution in [0.15, 0.2) is 41.5 Å². The van der Waals surface area contributed by atoms with Crippen molar-refractivity contribution in [2.45, 2.75) is 52.2 Å². The Bertz CT molecular complexity index is 1280. The summed E-state index contributed by atoms with van der Waals surface area (Å²) in [7, 11) is 0.640. The summed E-state index contributed by atoms with van der Waals surface area (Å²) in [5, 5.41) is 17.7. The zero-order chi connectivity index (χ0) is 26.6. The average molecular weight is 529 g/mol. The first kappa shape index (κ1) is 27.2. The fourth-order valence-electron chi connectivity index (χ4n) is 4.86. The minimum atomic E-state index is -1.28. The number of aromatic nitrogens is 1.